The summed E-state index contributed by atoms with van der Waals surface area (Å²) in [6, 6.07) is 0. The number of carbonyl (C=O) groups is 2. The van der Waals surface area contributed by atoms with Crippen molar-refractivity contribution in [3.8, 4) is 0 Å². The summed E-state index contributed by atoms with van der Waals surface area (Å²) in [6.45, 7) is 6.47. The molecule has 0 aromatic rings. The van der Waals surface area contributed by atoms with Gasteiger partial charge in [-0.05, 0) is 19.8 Å². The first kappa shape index (κ1) is 10.2. The molecular formula is C10H17NO2. The van der Waals surface area contributed by atoms with E-state index in [1.54, 1.807) is 4.90 Å². The Balaban J connectivity index is 2.81. The van der Waals surface area contributed by atoms with Crippen LogP contribution in [-0.4, -0.2) is 28.7 Å². The van der Waals surface area contributed by atoms with Crippen LogP contribution in [0.3, 0.4) is 0 Å². The zero-order valence-corrected chi connectivity index (χ0v) is 8.59. The summed E-state index contributed by atoms with van der Waals surface area (Å²) in [5, 5.41) is 0. The van der Waals surface area contributed by atoms with E-state index in [1.807, 2.05) is 6.92 Å². The fraction of sp³-hybridized carbons (Fsp3) is 0.800. The lowest BCUT2D eigenvalue weighted by Gasteiger charge is -2.36. The van der Waals surface area contributed by atoms with Crippen LogP contribution in [0.1, 0.15) is 40.0 Å². The highest BCUT2D eigenvalue weighted by atomic mass is 16.2. The first-order valence-electron chi connectivity index (χ1n) is 4.85. The number of ketones is 1. The first-order valence-corrected chi connectivity index (χ1v) is 4.85. The standard InChI is InChI=1S/C10H17NO2/c1-4-10(3,5-2)11-7-8(12)6-9(11)13/h4-7H2,1-3H3. The smallest absolute Gasteiger partial charge is 0.230 e. The molecule has 1 rings (SSSR count). The van der Waals surface area contributed by atoms with Crippen LogP contribution in [-0.2, 0) is 9.59 Å². The van der Waals surface area contributed by atoms with Crippen molar-refractivity contribution in [1.29, 1.82) is 0 Å². The average molecular weight is 183 g/mol. The highest BCUT2D eigenvalue weighted by Crippen LogP contribution is 2.26. The van der Waals surface area contributed by atoms with E-state index in [4.69, 9.17) is 0 Å². The Morgan fingerprint density at radius 3 is 2.15 bits per heavy atom. The van der Waals surface area contributed by atoms with Crippen LogP contribution >= 0.6 is 0 Å². The van der Waals surface area contributed by atoms with Gasteiger partial charge >= 0.3 is 0 Å². The summed E-state index contributed by atoms with van der Waals surface area (Å²) in [6.07, 6.45) is 1.92. The van der Waals surface area contributed by atoms with Crippen LogP contribution in [0.4, 0.5) is 0 Å². The van der Waals surface area contributed by atoms with Crippen LogP contribution in [0.5, 0.6) is 0 Å². The van der Waals surface area contributed by atoms with Crippen molar-refractivity contribution < 1.29 is 9.59 Å². The summed E-state index contributed by atoms with van der Waals surface area (Å²) in [4.78, 5) is 24.3. The Kier molecular flexibility index (Phi) is 2.74. The van der Waals surface area contributed by atoms with Gasteiger partial charge < -0.3 is 4.90 Å². The molecule has 0 aromatic carbocycles. The highest BCUT2D eigenvalue weighted by molar-refractivity contribution is 6.05. The molecule has 1 heterocycles. The molecule has 1 aliphatic heterocycles. The molecule has 1 fully saturated rings. The third-order valence-electron chi connectivity index (χ3n) is 3.16. The van der Waals surface area contributed by atoms with E-state index in [9.17, 15) is 9.59 Å². The average Bonchev–Trinajstić information content (AvgIpc) is 2.44. The molecule has 0 spiro atoms. The first-order chi connectivity index (χ1) is 6.03. The van der Waals surface area contributed by atoms with Gasteiger partial charge in [0.25, 0.3) is 0 Å². The maximum atomic E-state index is 11.5. The summed E-state index contributed by atoms with van der Waals surface area (Å²) in [5.41, 5.74) is -0.122. The maximum absolute atomic E-state index is 11.5. The van der Waals surface area contributed by atoms with Gasteiger partial charge in [-0.2, -0.15) is 0 Å². The Morgan fingerprint density at radius 1 is 1.31 bits per heavy atom. The Bertz CT molecular complexity index is 231. The van der Waals surface area contributed by atoms with Crippen molar-refractivity contribution in [1.82, 2.24) is 4.90 Å². The largest absolute Gasteiger partial charge is 0.330 e. The molecule has 0 radical (unpaired) electrons. The molecule has 0 aliphatic carbocycles. The van der Waals surface area contributed by atoms with Crippen molar-refractivity contribution in [2.75, 3.05) is 6.54 Å². The minimum absolute atomic E-state index is 0.00352. The number of amides is 1. The monoisotopic (exact) mass is 183 g/mol. The summed E-state index contributed by atoms with van der Waals surface area (Å²) < 4.78 is 0. The van der Waals surface area contributed by atoms with Gasteiger partial charge in [-0.25, -0.2) is 0 Å². The van der Waals surface area contributed by atoms with E-state index in [0.29, 0.717) is 6.54 Å². The second-order valence-corrected chi connectivity index (χ2v) is 3.90. The molecule has 1 saturated heterocycles. The number of likely N-dealkylation sites (tertiary alicyclic amines) is 1. The maximum Gasteiger partial charge on any atom is 0.230 e. The fourth-order valence-corrected chi connectivity index (χ4v) is 1.71. The molecule has 1 aliphatic rings. The lowest BCUT2D eigenvalue weighted by molar-refractivity contribution is -0.133. The van der Waals surface area contributed by atoms with Crippen LogP contribution in [0.15, 0.2) is 0 Å². The molecule has 0 saturated carbocycles. The third kappa shape index (κ3) is 1.74. The van der Waals surface area contributed by atoms with Gasteiger partial charge in [0.1, 0.15) is 0 Å². The normalized spacial score (nSPS) is 18.5. The van der Waals surface area contributed by atoms with Crippen LogP contribution < -0.4 is 0 Å². The topological polar surface area (TPSA) is 37.4 Å². The van der Waals surface area contributed by atoms with Gasteiger partial charge in [0, 0.05) is 5.54 Å². The van der Waals surface area contributed by atoms with Crippen LogP contribution in [0.25, 0.3) is 0 Å². The van der Waals surface area contributed by atoms with Crippen molar-refractivity contribution >= 4 is 11.7 Å². The molecular weight excluding hydrogens is 166 g/mol. The van der Waals surface area contributed by atoms with Crippen molar-refractivity contribution in [3.63, 3.8) is 0 Å². The van der Waals surface area contributed by atoms with Gasteiger partial charge in [0.05, 0.1) is 13.0 Å². The zero-order valence-electron chi connectivity index (χ0n) is 8.59. The predicted molar refractivity (Wildman–Crippen MR) is 50.3 cm³/mol. The minimum atomic E-state index is -0.122. The quantitative estimate of drug-likeness (QED) is 0.620. The zero-order chi connectivity index (χ0) is 10.1. The summed E-state index contributed by atoms with van der Waals surface area (Å²) in [7, 11) is 0. The van der Waals surface area contributed by atoms with E-state index in [2.05, 4.69) is 13.8 Å². The van der Waals surface area contributed by atoms with Gasteiger partial charge in [0.2, 0.25) is 5.91 Å². The second-order valence-electron chi connectivity index (χ2n) is 3.90. The number of hydrogen-bond acceptors (Lipinski definition) is 2. The molecule has 0 atom stereocenters. The summed E-state index contributed by atoms with van der Waals surface area (Å²) in [5.74, 6) is 0.0503. The molecule has 0 unspecified atom stereocenters. The van der Waals surface area contributed by atoms with E-state index in [0.717, 1.165) is 12.8 Å². The van der Waals surface area contributed by atoms with E-state index in [-0.39, 0.29) is 23.7 Å². The van der Waals surface area contributed by atoms with E-state index >= 15 is 0 Å². The van der Waals surface area contributed by atoms with Gasteiger partial charge in [-0.1, -0.05) is 13.8 Å². The number of carbonyl (C=O) groups excluding carboxylic acids is 2. The third-order valence-corrected chi connectivity index (χ3v) is 3.16. The lowest BCUT2D eigenvalue weighted by Crippen LogP contribution is -2.46. The van der Waals surface area contributed by atoms with Crippen LogP contribution in [0.2, 0.25) is 0 Å². The fourth-order valence-electron chi connectivity index (χ4n) is 1.71. The van der Waals surface area contributed by atoms with Crippen molar-refractivity contribution in [3.05, 3.63) is 0 Å². The molecule has 3 heteroatoms. The molecule has 74 valence electrons. The Labute approximate surface area is 79.1 Å². The van der Waals surface area contributed by atoms with E-state index < -0.39 is 0 Å². The van der Waals surface area contributed by atoms with Gasteiger partial charge in [-0.3, -0.25) is 9.59 Å². The van der Waals surface area contributed by atoms with E-state index in [1.165, 1.54) is 0 Å². The lowest BCUT2D eigenvalue weighted by atomic mass is 9.93. The number of Topliss-reactive ketones (excluding diaryl/α,β-unsaturated/α-hetero) is 1. The van der Waals surface area contributed by atoms with Crippen LogP contribution in [0, 0.1) is 0 Å². The Morgan fingerprint density at radius 2 is 1.85 bits per heavy atom. The highest BCUT2D eigenvalue weighted by Gasteiger charge is 2.38. The molecule has 0 N–H and O–H groups in total. The number of rotatable bonds is 3. The SMILES string of the molecule is CCC(C)(CC)N1CC(=O)CC1=O. The molecule has 0 aromatic heterocycles. The Hall–Kier alpha value is -0.860. The number of nitrogens with zero attached hydrogens (tertiary/aromatic N) is 1. The predicted octanol–water partition coefficient (Wildman–Crippen LogP) is 1.37. The molecule has 0 bridgehead atoms. The van der Waals surface area contributed by atoms with Gasteiger partial charge in [-0.15, -0.1) is 0 Å². The second kappa shape index (κ2) is 3.48. The van der Waals surface area contributed by atoms with Crippen molar-refractivity contribution in [2.45, 2.75) is 45.6 Å². The summed E-state index contributed by atoms with van der Waals surface area (Å²) >= 11 is 0. The van der Waals surface area contributed by atoms with Gasteiger partial charge in [0.15, 0.2) is 5.78 Å². The molecule has 13 heavy (non-hydrogen) atoms. The molecule has 3 nitrogen and oxygen atoms in total. The van der Waals surface area contributed by atoms with Crippen molar-refractivity contribution in [2.24, 2.45) is 0 Å². The number of hydrogen-bond donors (Lipinski definition) is 0. The molecule has 1 amide bonds. The minimum Gasteiger partial charge on any atom is -0.330 e.